The average Bonchev–Trinajstić information content (AvgIpc) is 2.70. The number of rotatable bonds is 2. The van der Waals surface area contributed by atoms with Gasteiger partial charge in [-0.15, -0.1) is 0 Å². The van der Waals surface area contributed by atoms with Crippen LogP contribution < -0.4 is 5.32 Å². The second-order valence-corrected chi connectivity index (χ2v) is 6.50. The lowest BCUT2D eigenvalue weighted by molar-refractivity contribution is -0.134. The summed E-state index contributed by atoms with van der Waals surface area (Å²) in [5.74, 6) is 0.118. The van der Waals surface area contributed by atoms with Gasteiger partial charge in [0.25, 0.3) is 5.91 Å². The van der Waals surface area contributed by atoms with Crippen LogP contribution in [0.25, 0.3) is 0 Å². The molecule has 1 heterocycles. The van der Waals surface area contributed by atoms with E-state index >= 15 is 0 Å². The maximum absolute atomic E-state index is 12.8. The maximum Gasteiger partial charge on any atom is 0.325 e. The molecule has 2 atom stereocenters. The molecule has 1 aromatic carbocycles. The fraction of sp³-hybridized carbons (Fsp3) is 0.500. The standard InChI is InChI=1S/C16H19ClN2O2/c1-11-4-2-3-9-16(11)14(20)19(15(21)18-16)10-12-5-7-13(17)8-6-12/h5-8,11H,2-4,9-10H2,1H3,(H,18,21). The summed E-state index contributed by atoms with van der Waals surface area (Å²) < 4.78 is 0. The first-order valence-electron chi connectivity index (χ1n) is 7.41. The molecule has 1 saturated heterocycles. The Kier molecular flexibility index (Phi) is 3.66. The van der Waals surface area contributed by atoms with Gasteiger partial charge in [-0.1, -0.05) is 43.5 Å². The molecule has 112 valence electrons. The van der Waals surface area contributed by atoms with Crippen molar-refractivity contribution in [3.63, 3.8) is 0 Å². The van der Waals surface area contributed by atoms with Gasteiger partial charge in [-0.25, -0.2) is 4.79 Å². The molecule has 21 heavy (non-hydrogen) atoms. The van der Waals surface area contributed by atoms with Gasteiger partial charge in [0.05, 0.1) is 6.54 Å². The van der Waals surface area contributed by atoms with Crippen LogP contribution in [-0.4, -0.2) is 22.4 Å². The van der Waals surface area contributed by atoms with Gasteiger partial charge in [0.15, 0.2) is 0 Å². The number of urea groups is 1. The molecule has 1 aliphatic heterocycles. The molecule has 0 aromatic heterocycles. The van der Waals surface area contributed by atoms with Crippen LogP contribution >= 0.6 is 11.6 Å². The monoisotopic (exact) mass is 306 g/mol. The number of hydrogen-bond donors (Lipinski definition) is 1. The summed E-state index contributed by atoms with van der Waals surface area (Å²) in [7, 11) is 0. The Bertz CT molecular complexity index is 572. The number of nitrogens with zero attached hydrogens (tertiary/aromatic N) is 1. The molecule has 3 rings (SSSR count). The summed E-state index contributed by atoms with van der Waals surface area (Å²) in [5, 5.41) is 3.61. The number of carbonyl (C=O) groups is 2. The van der Waals surface area contributed by atoms with Crippen molar-refractivity contribution in [2.45, 2.75) is 44.7 Å². The Balaban J connectivity index is 1.82. The first kappa shape index (κ1) is 14.4. The third-order valence-corrected chi connectivity index (χ3v) is 5.01. The molecule has 1 aliphatic carbocycles. The highest BCUT2D eigenvalue weighted by molar-refractivity contribution is 6.30. The summed E-state index contributed by atoms with van der Waals surface area (Å²) in [5.41, 5.74) is 0.227. The molecule has 0 radical (unpaired) electrons. The smallest absolute Gasteiger partial charge is 0.323 e. The Labute approximate surface area is 129 Å². The molecule has 2 unspecified atom stereocenters. The minimum atomic E-state index is -0.679. The lowest BCUT2D eigenvalue weighted by Crippen LogP contribution is -2.53. The number of amides is 3. The molecule has 1 saturated carbocycles. The lowest BCUT2D eigenvalue weighted by atomic mass is 9.73. The lowest BCUT2D eigenvalue weighted by Gasteiger charge is -2.36. The van der Waals surface area contributed by atoms with E-state index in [9.17, 15) is 9.59 Å². The predicted molar refractivity (Wildman–Crippen MR) is 80.9 cm³/mol. The number of carbonyl (C=O) groups excluding carboxylic acids is 2. The number of hydrogen-bond acceptors (Lipinski definition) is 2. The normalized spacial score (nSPS) is 29.0. The first-order valence-corrected chi connectivity index (χ1v) is 7.79. The van der Waals surface area contributed by atoms with Gasteiger partial charge in [0, 0.05) is 5.02 Å². The SMILES string of the molecule is CC1CCCCC12NC(=O)N(Cc1ccc(Cl)cc1)C2=O. The summed E-state index contributed by atoms with van der Waals surface area (Å²) in [6, 6.07) is 6.96. The number of halogens is 1. The fourth-order valence-corrected chi connectivity index (χ4v) is 3.54. The van der Waals surface area contributed by atoms with E-state index in [0.717, 1.165) is 31.2 Å². The minimum Gasteiger partial charge on any atom is -0.323 e. The number of benzene rings is 1. The van der Waals surface area contributed by atoms with Crippen molar-refractivity contribution in [2.75, 3.05) is 0 Å². The van der Waals surface area contributed by atoms with Crippen LogP contribution in [0.5, 0.6) is 0 Å². The van der Waals surface area contributed by atoms with Crippen LogP contribution in [0.4, 0.5) is 4.79 Å². The van der Waals surface area contributed by atoms with E-state index in [1.165, 1.54) is 4.90 Å². The summed E-state index contributed by atoms with van der Waals surface area (Å²) in [6.45, 7) is 2.36. The first-order chi connectivity index (χ1) is 10.0. The van der Waals surface area contributed by atoms with Crippen molar-refractivity contribution in [2.24, 2.45) is 5.92 Å². The van der Waals surface area contributed by atoms with Crippen LogP contribution in [0.15, 0.2) is 24.3 Å². The van der Waals surface area contributed by atoms with E-state index in [0.29, 0.717) is 11.6 Å². The van der Waals surface area contributed by atoms with Crippen molar-refractivity contribution in [1.82, 2.24) is 10.2 Å². The molecular formula is C16H19ClN2O2. The molecule has 5 heteroatoms. The zero-order valence-electron chi connectivity index (χ0n) is 12.1. The van der Waals surface area contributed by atoms with Gasteiger partial charge in [0.2, 0.25) is 0 Å². The van der Waals surface area contributed by atoms with Crippen LogP contribution in [0.2, 0.25) is 5.02 Å². The van der Waals surface area contributed by atoms with Crippen LogP contribution in [0.1, 0.15) is 38.2 Å². The quantitative estimate of drug-likeness (QED) is 0.852. The third-order valence-electron chi connectivity index (χ3n) is 4.76. The molecular weight excluding hydrogens is 288 g/mol. The van der Waals surface area contributed by atoms with E-state index in [1.807, 2.05) is 12.1 Å². The zero-order valence-corrected chi connectivity index (χ0v) is 12.8. The molecule has 2 aliphatic rings. The van der Waals surface area contributed by atoms with Gasteiger partial charge in [-0.3, -0.25) is 9.69 Å². The summed E-state index contributed by atoms with van der Waals surface area (Å²) in [6.07, 6.45) is 3.85. The number of nitrogens with one attached hydrogen (secondary N) is 1. The van der Waals surface area contributed by atoms with Gasteiger partial charge in [0.1, 0.15) is 5.54 Å². The van der Waals surface area contributed by atoms with Crippen LogP contribution in [0.3, 0.4) is 0 Å². The van der Waals surface area contributed by atoms with E-state index in [1.54, 1.807) is 12.1 Å². The van der Waals surface area contributed by atoms with Crippen molar-refractivity contribution < 1.29 is 9.59 Å². The highest BCUT2D eigenvalue weighted by Crippen LogP contribution is 2.38. The highest BCUT2D eigenvalue weighted by atomic mass is 35.5. The Hall–Kier alpha value is -1.55. The summed E-state index contributed by atoms with van der Waals surface area (Å²) >= 11 is 5.86. The van der Waals surface area contributed by atoms with Crippen molar-refractivity contribution in [3.8, 4) is 0 Å². The minimum absolute atomic E-state index is 0.0744. The van der Waals surface area contributed by atoms with Crippen molar-refractivity contribution in [1.29, 1.82) is 0 Å². The van der Waals surface area contributed by atoms with E-state index < -0.39 is 5.54 Å². The van der Waals surface area contributed by atoms with E-state index in [4.69, 9.17) is 11.6 Å². The highest BCUT2D eigenvalue weighted by Gasteiger charge is 2.54. The largest absolute Gasteiger partial charge is 0.325 e. The molecule has 1 N–H and O–H groups in total. The van der Waals surface area contributed by atoms with Gasteiger partial charge in [-0.2, -0.15) is 0 Å². The molecule has 4 nitrogen and oxygen atoms in total. The van der Waals surface area contributed by atoms with E-state index in [-0.39, 0.29) is 17.9 Å². The number of imide groups is 1. The van der Waals surface area contributed by atoms with Crippen LogP contribution in [-0.2, 0) is 11.3 Å². The molecule has 1 aromatic rings. The Morgan fingerprint density at radius 2 is 2.00 bits per heavy atom. The molecule has 0 bridgehead atoms. The Morgan fingerprint density at radius 3 is 2.67 bits per heavy atom. The third kappa shape index (κ3) is 2.42. The van der Waals surface area contributed by atoms with Gasteiger partial charge >= 0.3 is 6.03 Å². The maximum atomic E-state index is 12.8. The van der Waals surface area contributed by atoms with Crippen LogP contribution in [0, 0.1) is 5.92 Å². The Morgan fingerprint density at radius 1 is 1.29 bits per heavy atom. The van der Waals surface area contributed by atoms with E-state index in [2.05, 4.69) is 12.2 Å². The van der Waals surface area contributed by atoms with Crippen molar-refractivity contribution in [3.05, 3.63) is 34.9 Å². The van der Waals surface area contributed by atoms with Gasteiger partial charge in [-0.05, 0) is 36.5 Å². The zero-order chi connectivity index (χ0) is 15.0. The predicted octanol–water partition coefficient (Wildman–Crippen LogP) is 3.34. The second-order valence-electron chi connectivity index (χ2n) is 6.07. The molecule has 2 fully saturated rings. The molecule has 1 spiro atoms. The van der Waals surface area contributed by atoms with Gasteiger partial charge < -0.3 is 5.32 Å². The molecule has 3 amide bonds. The fourth-order valence-electron chi connectivity index (χ4n) is 3.41. The van der Waals surface area contributed by atoms with Crippen molar-refractivity contribution >= 4 is 23.5 Å². The second kappa shape index (κ2) is 5.34. The summed E-state index contributed by atoms with van der Waals surface area (Å²) in [4.78, 5) is 26.4. The topological polar surface area (TPSA) is 49.4 Å². The average molecular weight is 307 g/mol.